The topological polar surface area (TPSA) is 46.0 Å². The fraction of sp³-hybridized carbons (Fsp3) is 0.400. The van der Waals surface area contributed by atoms with E-state index in [9.17, 15) is 9.50 Å². The van der Waals surface area contributed by atoms with Crippen LogP contribution < -0.4 is 0 Å². The first-order chi connectivity index (χ1) is 6.70. The highest BCUT2D eigenvalue weighted by Crippen LogP contribution is 2.22. The van der Waals surface area contributed by atoms with Crippen molar-refractivity contribution in [1.29, 1.82) is 0 Å². The number of hydrogen-bond acceptors (Lipinski definition) is 3. The minimum atomic E-state index is -0.966. The van der Waals surface area contributed by atoms with E-state index in [-0.39, 0.29) is 0 Å². The molecule has 0 aliphatic carbocycles. The van der Waals surface area contributed by atoms with Gasteiger partial charge in [-0.2, -0.15) is 0 Å². The Bertz CT molecular complexity index is 317. The molecule has 0 aliphatic rings. The molecular weight excluding hydrogens is 183 g/mol. The molecule has 0 aliphatic heterocycles. The van der Waals surface area contributed by atoms with Crippen LogP contribution in [-0.2, 0) is 0 Å². The molecule has 0 saturated heterocycles. The van der Waals surface area contributed by atoms with E-state index in [1.165, 1.54) is 18.5 Å². The first-order valence-corrected chi connectivity index (χ1v) is 4.34. The van der Waals surface area contributed by atoms with Crippen LogP contribution in [0.1, 0.15) is 17.5 Å². The van der Waals surface area contributed by atoms with E-state index >= 15 is 0 Å². The van der Waals surface area contributed by atoms with Gasteiger partial charge in [-0.3, -0.25) is 14.4 Å². The Morgan fingerprint density at radius 3 is 2.71 bits per heavy atom. The molecular formula is C10H13FN2O. The molecule has 0 saturated carbocycles. The van der Waals surface area contributed by atoms with Gasteiger partial charge in [-0.25, -0.2) is 0 Å². The fourth-order valence-electron chi connectivity index (χ4n) is 1.19. The quantitative estimate of drug-likeness (QED) is 0.744. The second-order valence-corrected chi connectivity index (χ2v) is 3.03. The third-order valence-electron chi connectivity index (χ3n) is 2.09. The average molecular weight is 196 g/mol. The molecule has 0 aromatic carbocycles. The van der Waals surface area contributed by atoms with Crippen molar-refractivity contribution < 1.29 is 9.50 Å². The van der Waals surface area contributed by atoms with Crippen LogP contribution in [-0.4, -0.2) is 21.7 Å². The molecule has 1 rings (SSSR count). The van der Waals surface area contributed by atoms with Crippen LogP contribution in [0.3, 0.4) is 0 Å². The maximum Gasteiger partial charge on any atom is 0.106 e. The lowest BCUT2D eigenvalue weighted by atomic mass is 10.00. The van der Waals surface area contributed by atoms with Crippen LogP contribution in [0.5, 0.6) is 0 Å². The van der Waals surface area contributed by atoms with Gasteiger partial charge in [0, 0.05) is 18.3 Å². The Morgan fingerprint density at radius 1 is 1.57 bits per heavy atom. The number of aliphatic hydroxyl groups excluding tert-OH is 1. The van der Waals surface area contributed by atoms with E-state index in [1.54, 1.807) is 6.92 Å². The summed E-state index contributed by atoms with van der Waals surface area (Å²) in [5, 5.41) is 9.75. The van der Waals surface area contributed by atoms with Crippen molar-refractivity contribution in [2.24, 2.45) is 5.92 Å². The zero-order chi connectivity index (χ0) is 10.6. The molecule has 1 aromatic heterocycles. The Hall–Kier alpha value is -1.29. The van der Waals surface area contributed by atoms with Crippen molar-refractivity contribution in [3.63, 3.8) is 0 Å². The van der Waals surface area contributed by atoms with Crippen molar-refractivity contribution in [2.75, 3.05) is 6.67 Å². The van der Waals surface area contributed by atoms with E-state index in [0.717, 1.165) is 0 Å². The molecule has 1 N–H and O–H groups in total. The third-order valence-corrected chi connectivity index (χ3v) is 2.09. The largest absolute Gasteiger partial charge is 0.386 e. The predicted octanol–water partition coefficient (Wildman–Crippen LogP) is 1.59. The van der Waals surface area contributed by atoms with Crippen LogP contribution in [0.15, 0.2) is 25.0 Å². The van der Waals surface area contributed by atoms with Gasteiger partial charge in [0.2, 0.25) is 0 Å². The van der Waals surface area contributed by atoms with E-state index < -0.39 is 18.7 Å². The fourth-order valence-corrected chi connectivity index (χ4v) is 1.19. The molecule has 76 valence electrons. The smallest absolute Gasteiger partial charge is 0.106 e. The minimum Gasteiger partial charge on any atom is -0.386 e. The zero-order valence-electron chi connectivity index (χ0n) is 8.02. The monoisotopic (exact) mass is 196 g/mol. The molecule has 1 heterocycles. The van der Waals surface area contributed by atoms with Gasteiger partial charge in [0.15, 0.2) is 0 Å². The third kappa shape index (κ3) is 2.14. The Kier molecular flexibility index (Phi) is 3.71. The highest BCUT2D eigenvalue weighted by molar-refractivity contribution is 5.13. The van der Waals surface area contributed by atoms with Crippen molar-refractivity contribution in [1.82, 2.24) is 9.97 Å². The predicted molar refractivity (Wildman–Crippen MR) is 51.4 cm³/mol. The zero-order valence-corrected chi connectivity index (χ0v) is 8.02. The molecule has 2 atom stereocenters. The second kappa shape index (κ2) is 4.81. The van der Waals surface area contributed by atoms with Crippen LogP contribution in [0.2, 0.25) is 0 Å². The molecule has 0 fully saturated rings. The first-order valence-electron chi connectivity index (χ1n) is 4.34. The summed E-state index contributed by atoms with van der Waals surface area (Å²) >= 11 is 0. The molecule has 0 bridgehead atoms. The number of alkyl halides is 1. The lowest BCUT2D eigenvalue weighted by Crippen LogP contribution is -2.15. The van der Waals surface area contributed by atoms with Crippen LogP contribution in [0, 0.1) is 12.8 Å². The number of nitrogens with zero attached hydrogens (tertiary/aromatic N) is 2. The molecule has 1 aromatic rings. The lowest BCUT2D eigenvalue weighted by Gasteiger charge is -2.16. The van der Waals surface area contributed by atoms with Gasteiger partial charge in [-0.1, -0.05) is 6.08 Å². The highest BCUT2D eigenvalue weighted by Gasteiger charge is 2.21. The number of hydrogen-bond donors (Lipinski definition) is 1. The standard InChI is InChI=1S/C10H13FN2O/c1-3-8(6-11)10(14)9-7(2)12-4-5-13-9/h3-5,8,10,14H,1,6H2,2H3. The van der Waals surface area contributed by atoms with E-state index in [1.807, 2.05) is 0 Å². The maximum absolute atomic E-state index is 12.4. The first kappa shape index (κ1) is 10.8. The van der Waals surface area contributed by atoms with Crippen LogP contribution in [0.4, 0.5) is 4.39 Å². The number of aryl methyl sites for hydroxylation is 1. The number of aliphatic hydroxyl groups is 1. The summed E-state index contributed by atoms with van der Waals surface area (Å²) in [7, 11) is 0. The maximum atomic E-state index is 12.4. The van der Waals surface area contributed by atoms with Gasteiger partial charge in [0.05, 0.1) is 18.1 Å². The molecule has 0 radical (unpaired) electrons. The molecule has 14 heavy (non-hydrogen) atoms. The number of rotatable bonds is 4. The van der Waals surface area contributed by atoms with Gasteiger partial charge in [-0.05, 0) is 6.92 Å². The molecule has 0 spiro atoms. The summed E-state index contributed by atoms with van der Waals surface area (Å²) in [6.45, 7) is 4.53. The van der Waals surface area contributed by atoms with E-state index in [4.69, 9.17) is 0 Å². The lowest BCUT2D eigenvalue weighted by molar-refractivity contribution is 0.111. The normalized spacial score (nSPS) is 14.8. The number of aromatic nitrogens is 2. The summed E-state index contributed by atoms with van der Waals surface area (Å²) in [5.74, 6) is -0.620. The molecule has 0 amide bonds. The molecule has 4 heteroatoms. The van der Waals surface area contributed by atoms with E-state index in [0.29, 0.717) is 11.4 Å². The molecule has 3 nitrogen and oxygen atoms in total. The number of halogens is 1. The van der Waals surface area contributed by atoms with Gasteiger partial charge in [0.1, 0.15) is 6.10 Å². The SMILES string of the molecule is C=CC(CF)C(O)c1nccnc1C. The highest BCUT2D eigenvalue weighted by atomic mass is 19.1. The summed E-state index contributed by atoms with van der Waals surface area (Å²) in [6, 6.07) is 0. The summed E-state index contributed by atoms with van der Waals surface area (Å²) in [4.78, 5) is 7.94. The van der Waals surface area contributed by atoms with Crippen LogP contribution in [0.25, 0.3) is 0 Å². The summed E-state index contributed by atoms with van der Waals surface area (Å²) < 4.78 is 12.4. The minimum absolute atomic E-state index is 0.412. The van der Waals surface area contributed by atoms with Crippen LogP contribution >= 0.6 is 0 Å². The van der Waals surface area contributed by atoms with E-state index in [2.05, 4.69) is 16.5 Å². The van der Waals surface area contributed by atoms with Crippen molar-refractivity contribution in [2.45, 2.75) is 13.0 Å². The molecule has 2 unspecified atom stereocenters. The van der Waals surface area contributed by atoms with Gasteiger partial charge < -0.3 is 5.11 Å². The summed E-state index contributed by atoms with van der Waals surface area (Å²) in [5.41, 5.74) is 1.02. The Labute approximate surface area is 82.3 Å². The van der Waals surface area contributed by atoms with Gasteiger partial charge >= 0.3 is 0 Å². The Morgan fingerprint density at radius 2 is 2.21 bits per heavy atom. The van der Waals surface area contributed by atoms with Gasteiger partial charge in [-0.15, -0.1) is 6.58 Å². The van der Waals surface area contributed by atoms with Crippen molar-refractivity contribution >= 4 is 0 Å². The average Bonchev–Trinajstić information content (AvgIpc) is 2.20. The van der Waals surface area contributed by atoms with Gasteiger partial charge in [0.25, 0.3) is 0 Å². The van der Waals surface area contributed by atoms with Crippen molar-refractivity contribution in [3.05, 3.63) is 36.4 Å². The summed E-state index contributed by atoms with van der Waals surface area (Å²) in [6.07, 6.45) is 3.43. The van der Waals surface area contributed by atoms with Crippen molar-refractivity contribution in [3.8, 4) is 0 Å². The Balaban J connectivity index is 2.93. The second-order valence-electron chi connectivity index (χ2n) is 3.03.